The van der Waals surface area contributed by atoms with Gasteiger partial charge in [0, 0.05) is 6.61 Å². The lowest BCUT2D eigenvalue weighted by Crippen LogP contribution is -2.27. The van der Waals surface area contributed by atoms with Crippen LogP contribution in [0.1, 0.15) is 53.9 Å². The van der Waals surface area contributed by atoms with Crippen molar-refractivity contribution < 1.29 is 4.74 Å². The lowest BCUT2D eigenvalue weighted by atomic mass is 9.84. The lowest BCUT2D eigenvalue weighted by molar-refractivity contribution is 0.0245. The van der Waals surface area contributed by atoms with Gasteiger partial charge in [0.2, 0.25) is 0 Å². The zero-order valence-corrected chi connectivity index (χ0v) is 11.8. The van der Waals surface area contributed by atoms with Gasteiger partial charge in [0.15, 0.2) is 0 Å². The van der Waals surface area contributed by atoms with Crippen LogP contribution in [0.3, 0.4) is 0 Å². The summed E-state index contributed by atoms with van der Waals surface area (Å²) in [6, 6.07) is 0. The Morgan fingerprint density at radius 1 is 1.12 bits per heavy atom. The lowest BCUT2D eigenvalue weighted by Gasteiger charge is -2.28. The topological polar surface area (TPSA) is 9.23 Å². The van der Waals surface area contributed by atoms with Gasteiger partial charge in [-0.25, -0.2) is 0 Å². The van der Waals surface area contributed by atoms with Crippen LogP contribution in [0, 0.1) is 17.8 Å². The van der Waals surface area contributed by atoms with Gasteiger partial charge in [0.05, 0.1) is 6.10 Å². The van der Waals surface area contributed by atoms with Crippen LogP contribution in [0.5, 0.6) is 0 Å². The summed E-state index contributed by atoms with van der Waals surface area (Å²) in [4.78, 5) is 0. The molecule has 0 aliphatic rings. The molecule has 0 heterocycles. The smallest absolute Gasteiger partial charge is 0.0783 e. The highest BCUT2D eigenvalue weighted by molar-refractivity contribution is 4.87. The van der Waals surface area contributed by atoms with Crippen molar-refractivity contribution in [3.05, 3.63) is 12.7 Å². The first-order valence-electron chi connectivity index (χ1n) is 6.77. The van der Waals surface area contributed by atoms with E-state index in [1.807, 2.05) is 6.08 Å². The Hall–Kier alpha value is -0.300. The SMILES string of the molecule is C=C[C@H](OCCC)[C@@H](CCC(C)C)C(C)C. The predicted octanol–water partition coefficient (Wildman–Crippen LogP) is 4.68. The van der Waals surface area contributed by atoms with Gasteiger partial charge in [-0.15, -0.1) is 6.58 Å². The van der Waals surface area contributed by atoms with Crippen molar-refractivity contribution in [1.29, 1.82) is 0 Å². The highest BCUT2D eigenvalue weighted by Gasteiger charge is 2.22. The second-order valence-corrected chi connectivity index (χ2v) is 5.45. The maximum atomic E-state index is 5.88. The van der Waals surface area contributed by atoms with Crippen molar-refractivity contribution in [2.75, 3.05) is 6.61 Å². The number of rotatable bonds is 9. The van der Waals surface area contributed by atoms with Crippen molar-refractivity contribution >= 4 is 0 Å². The van der Waals surface area contributed by atoms with E-state index >= 15 is 0 Å². The number of hydrogen-bond acceptors (Lipinski definition) is 1. The molecule has 1 nitrogen and oxygen atoms in total. The van der Waals surface area contributed by atoms with Crippen LogP contribution in [-0.4, -0.2) is 12.7 Å². The van der Waals surface area contributed by atoms with Gasteiger partial charge < -0.3 is 4.74 Å². The molecule has 0 radical (unpaired) electrons. The third-order valence-corrected chi connectivity index (χ3v) is 3.10. The summed E-state index contributed by atoms with van der Waals surface area (Å²) in [6.07, 6.45) is 5.83. The summed E-state index contributed by atoms with van der Waals surface area (Å²) in [5, 5.41) is 0. The van der Waals surface area contributed by atoms with E-state index in [4.69, 9.17) is 4.74 Å². The van der Waals surface area contributed by atoms with Gasteiger partial charge in [-0.2, -0.15) is 0 Å². The molecular weight excluding hydrogens is 196 g/mol. The van der Waals surface area contributed by atoms with Crippen LogP contribution < -0.4 is 0 Å². The third-order valence-electron chi connectivity index (χ3n) is 3.10. The minimum absolute atomic E-state index is 0.235. The molecule has 0 aliphatic carbocycles. The van der Waals surface area contributed by atoms with Gasteiger partial charge in [0.1, 0.15) is 0 Å². The summed E-state index contributed by atoms with van der Waals surface area (Å²) in [6.45, 7) is 16.1. The second kappa shape index (κ2) is 8.81. The van der Waals surface area contributed by atoms with Gasteiger partial charge in [-0.05, 0) is 30.6 Å². The monoisotopic (exact) mass is 226 g/mol. The highest BCUT2D eigenvalue weighted by Crippen LogP contribution is 2.26. The van der Waals surface area contributed by atoms with Crippen molar-refractivity contribution in [3.63, 3.8) is 0 Å². The molecule has 0 unspecified atom stereocenters. The van der Waals surface area contributed by atoms with E-state index in [0.29, 0.717) is 11.8 Å². The molecule has 0 spiro atoms. The summed E-state index contributed by atoms with van der Waals surface area (Å²) in [7, 11) is 0. The Morgan fingerprint density at radius 2 is 1.75 bits per heavy atom. The molecular formula is C15H30O. The Bertz CT molecular complexity index is 172. The Kier molecular flexibility index (Phi) is 8.64. The molecule has 2 atom stereocenters. The fourth-order valence-electron chi connectivity index (χ4n) is 2.02. The maximum Gasteiger partial charge on any atom is 0.0783 e. The zero-order valence-electron chi connectivity index (χ0n) is 11.8. The van der Waals surface area contributed by atoms with Crippen molar-refractivity contribution in [2.45, 2.75) is 60.0 Å². The number of hydrogen-bond donors (Lipinski definition) is 0. The normalized spacial score (nSPS) is 15.4. The maximum absolute atomic E-state index is 5.88. The predicted molar refractivity (Wildman–Crippen MR) is 72.6 cm³/mol. The fourth-order valence-corrected chi connectivity index (χ4v) is 2.02. The van der Waals surface area contributed by atoms with E-state index in [0.717, 1.165) is 18.9 Å². The first-order valence-corrected chi connectivity index (χ1v) is 6.77. The first kappa shape index (κ1) is 15.7. The van der Waals surface area contributed by atoms with Crippen molar-refractivity contribution in [1.82, 2.24) is 0 Å². The molecule has 0 amide bonds. The molecule has 0 saturated heterocycles. The molecule has 16 heavy (non-hydrogen) atoms. The average Bonchev–Trinajstić information content (AvgIpc) is 2.21. The van der Waals surface area contributed by atoms with Crippen LogP contribution >= 0.6 is 0 Å². The summed E-state index contributed by atoms with van der Waals surface area (Å²) < 4.78 is 5.88. The molecule has 96 valence electrons. The second-order valence-electron chi connectivity index (χ2n) is 5.45. The third kappa shape index (κ3) is 6.32. The van der Waals surface area contributed by atoms with E-state index in [-0.39, 0.29) is 6.10 Å². The molecule has 0 N–H and O–H groups in total. The Balaban J connectivity index is 4.28. The summed E-state index contributed by atoms with van der Waals surface area (Å²) >= 11 is 0. The molecule has 0 aliphatic heterocycles. The van der Waals surface area contributed by atoms with Crippen LogP contribution in [0.25, 0.3) is 0 Å². The Morgan fingerprint density at radius 3 is 2.12 bits per heavy atom. The van der Waals surface area contributed by atoms with E-state index in [9.17, 15) is 0 Å². The van der Waals surface area contributed by atoms with E-state index in [1.54, 1.807) is 0 Å². The molecule has 0 bridgehead atoms. The quantitative estimate of drug-likeness (QED) is 0.519. The average molecular weight is 226 g/mol. The summed E-state index contributed by atoms with van der Waals surface area (Å²) in [5.74, 6) is 2.06. The van der Waals surface area contributed by atoms with Crippen molar-refractivity contribution in [3.8, 4) is 0 Å². The molecule has 0 aromatic carbocycles. The molecule has 0 saturated carbocycles. The largest absolute Gasteiger partial charge is 0.374 e. The molecule has 0 aromatic rings. The van der Waals surface area contributed by atoms with Gasteiger partial charge in [0.25, 0.3) is 0 Å². The minimum atomic E-state index is 0.235. The number of ether oxygens (including phenoxy) is 1. The van der Waals surface area contributed by atoms with E-state index in [1.165, 1.54) is 12.8 Å². The molecule has 0 aromatic heterocycles. The van der Waals surface area contributed by atoms with Gasteiger partial charge in [-0.3, -0.25) is 0 Å². The summed E-state index contributed by atoms with van der Waals surface area (Å²) in [5.41, 5.74) is 0. The molecule has 1 heteroatoms. The highest BCUT2D eigenvalue weighted by atomic mass is 16.5. The van der Waals surface area contributed by atoms with Gasteiger partial charge >= 0.3 is 0 Å². The van der Waals surface area contributed by atoms with Crippen LogP contribution in [0.2, 0.25) is 0 Å². The molecule has 0 fully saturated rings. The Labute approximate surface area is 102 Å². The van der Waals surface area contributed by atoms with Gasteiger partial charge in [-0.1, -0.05) is 47.1 Å². The minimum Gasteiger partial charge on any atom is -0.374 e. The van der Waals surface area contributed by atoms with E-state index < -0.39 is 0 Å². The van der Waals surface area contributed by atoms with Crippen LogP contribution in [0.4, 0.5) is 0 Å². The van der Waals surface area contributed by atoms with Crippen LogP contribution in [0.15, 0.2) is 12.7 Å². The van der Waals surface area contributed by atoms with Crippen LogP contribution in [-0.2, 0) is 4.74 Å². The first-order chi connectivity index (χ1) is 7.52. The fraction of sp³-hybridized carbons (Fsp3) is 0.867. The zero-order chi connectivity index (χ0) is 12.6. The van der Waals surface area contributed by atoms with E-state index in [2.05, 4.69) is 41.2 Å². The molecule has 0 rings (SSSR count). The standard InChI is InChI=1S/C15H30O/c1-7-11-16-15(8-2)14(13(5)6)10-9-12(3)4/h8,12-15H,2,7,9-11H2,1,3-6H3/t14-,15-/m0/s1. The van der Waals surface area contributed by atoms with Crippen molar-refractivity contribution in [2.24, 2.45) is 17.8 Å².